The third-order valence-corrected chi connectivity index (χ3v) is 10.7. The Bertz CT molecular complexity index is 1120. The fourth-order valence-corrected chi connectivity index (χ4v) is 8.49. The van der Waals surface area contributed by atoms with Crippen LogP contribution in [0.1, 0.15) is 53.9 Å². The SMILES string of the molecule is COC(=O)c1c(NC(=O)C2CCCCN2S(=O)(=O)c2cccs2)sc2c1CCN(C(C)C)C2. The second-order valence-corrected chi connectivity index (χ2v) is 12.7. The van der Waals surface area contributed by atoms with E-state index in [0.717, 1.165) is 34.7 Å². The number of amides is 1. The Labute approximate surface area is 202 Å². The molecule has 180 valence electrons. The Hall–Kier alpha value is -1.79. The third kappa shape index (κ3) is 4.74. The topological polar surface area (TPSA) is 96.0 Å². The number of carbonyl (C=O) groups is 2. The number of nitrogens with one attached hydrogen (secondary N) is 1. The molecule has 0 saturated carbocycles. The number of sulfonamides is 1. The minimum atomic E-state index is -3.76. The molecule has 0 bridgehead atoms. The molecule has 2 aliphatic rings. The van der Waals surface area contributed by atoms with Crippen molar-refractivity contribution >= 4 is 49.6 Å². The molecule has 1 unspecified atom stereocenters. The van der Waals surface area contributed by atoms with E-state index in [1.165, 1.54) is 22.8 Å². The zero-order valence-corrected chi connectivity index (χ0v) is 21.4. The lowest BCUT2D eigenvalue weighted by Gasteiger charge is -2.33. The molecule has 2 aliphatic heterocycles. The van der Waals surface area contributed by atoms with Crippen molar-refractivity contribution in [3.05, 3.63) is 33.5 Å². The molecule has 1 atom stereocenters. The van der Waals surface area contributed by atoms with Gasteiger partial charge in [0, 0.05) is 30.6 Å². The number of carbonyl (C=O) groups excluding carboxylic acids is 2. The highest BCUT2D eigenvalue weighted by Gasteiger charge is 2.39. The Morgan fingerprint density at radius 1 is 1.24 bits per heavy atom. The van der Waals surface area contributed by atoms with Crippen LogP contribution in [0.5, 0.6) is 0 Å². The molecule has 0 spiro atoms. The maximum Gasteiger partial charge on any atom is 0.341 e. The van der Waals surface area contributed by atoms with Crippen molar-refractivity contribution in [1.82, 2.24) is 9.21 Å². The van der Waals surface area contributed by atoms with Crippen molar-refractivity contribution in [2.45, 2.75) is 62.4 Å². The average molecular weight is 512 g/mol. The summed E-state index contributed by atoms with van der Waals surface area (Å²) in [5.41, 5.74) is 1.32. The van der Waals surface area contributed by atoms with E-state index >= 15 is 0 Å². The number of thiophene rings is 2. The van der Waals surface area contributed by atoms with E-state index in [2.05, 4.69) is 24.1 Å². The molecule has 0 aliphatic carbocycles. The number of ether oxygens (including phenoxy) is 1. The monoisotopic (exact) mass is 511 g/mol. The van der Waals surface area contributed by atoms with E-state index in [1.54, 1.807) is 17.5 Å². The summed E-state index contributed by atoms with van der Waals surface area (Å²) in [4.78, 5) is 29.4. The third-order valence-electron chi connectivity index (χ3n) is 6.26. The van der Waals surface area contributed by atoms with Crippen LogP contribution in [0.3, 0.4) is 0 Å². The fourth-order valence-electron chi connectivity index (χ4n) is 4.45. The molecule has 1 amide bonds. The zero-order chi connectivity index (χ0) is 23.8. The van der Waals surface area contributed by atoms with Crippen LogP contribution in [0.2, 0.25) is 0 Å². The summed E-state index contributed by atoms with van der Waals surface area (Å²) in [6.07, 6.45) is 2.62. The molecule has 1 N–H and O–H groups in total. The molecule has 1 saturated heterocycles. The van der Waals surface area contributed by atoms with Gasteiger partial charge in [0.2, 0.25) is 5.91 Å². The average Bonchev–Trinajstić information content (AvgIpc) is 3.46. The maximum atomic E-state index is 13.4. The van der Waals surface area contributed by atoms with Crippen molar-refractivity contribution in [2.75, 3.05) is 25.5 Å². The number of fused-ring (bicyclic) bond motifs is 1. The first-order valence-electron chi connectivity index (χ1n) is 11.1. The summed E-state index contributed by atoms with van der Waals surface area (Å²) in [6, 6.07) is 2.81. The lowest BCUT2D eigenvalue weighted by atomic mass is 10.0. The Kier molecular flexibility index (Phi) is 7.25. The molecule has 0 aromatic carbocycles. The van der Waals surface area contributed by atoms with E-state index in [0.29, 0.717) is 49.0 Å². The van der Waals surface area contributed by atoms with Crippen LogP contribution in [-0.4, -0.2) is 61.8 Å². The molecule has 4 heterocycles. The number of anilines is 1. The normalized spacial score (nSPS) is 19.9. The van der Waals surface area contributed by atoms with E-state index in [4.69, 9.17) is 4.74 Å². The summed E-state index contributed by atoms with van der Waals surface area (Å²) >= 11 is 2.53. The van der Waals surface area contributed by atoms with Crippen molar-refractivity contribution in [1.29, 1.82) is 0 Å². The minimum Gasteiger partial charge on any atom is -0.465 e. The van der Waals surface area contributed by atoms with Gasteiger partial charge in [-0.3, -0.25) is 9.69 Å². The first kappa shape index (κ1) is 24.3. The smallest absolute Gasteiger partial charge is 0.341 e. The van der Waals surface area contributed by atoms with Crippen LogP contribution in [-0.2, 0) is 32.5 Å². The maximum absolute atomic E-state index is 13.4. The van der Waals surface area contributed by atoms with Gasteiger partial charge in [0.05, 0.1) is 12.7 Å². The summed E-state index contributed by atoms with van der Waals surface area (Å²) in [5.74, 6) is -0.883. The standard InChI is InChI=1S/C22H29N3O5S3/c1-14(2)24-11-9-15-17(13-24)32-21(19(15)22(27)30-3)23-20(26)16-7-4-5-10-25(16)33(28,29)18-8-6-12-31-18/h6,8,12,14,16H,4-5,7,9-11,13H2,1-3H3,(H,23,26). The first-order valence-corrected chi connectivity index (χ1v) is 14.2. The van der Waals surface area contributed by atoms with Crippen molar-refractivity contribution in [3.8, 4) is 0 Å². The van der Waals surface area contributed by atoms with Gasteiger partial charge >= 0.3 is 5.97 Å². The predicted molar refractivity (Wildman–Crippen MR) is 129 cm³/mol. The van der Waals surface area contributed by atoms with Crippen LogP contribution in [0, 0.1) is 0 Å². The quantitative estimate of drug-likeness (QED) is 0.596. The highest BCUT2D eigenvalue weighted by atomic mass is 32.2. The van der Waals surface area contributed by atoms with Gasteiger partial charge < -0.3 is 10.1 Å². The van der Waals surface area contributed by atoms with Crippen molar-refractivity contribution < 1.29 is 22.7 Å². The van der Waals surface area contributed by atoms with E-state index in [-0.39, 0.29) is 4.21 Å². The number of hydrogen-bond donors (Lipinski definition) is 1. The summed E-state index contributed by atoms with van der Waals surface area (Å²) in [6.45, 7) is 6.10. The number of methoxy groups -OCH3 is 1. The predicted octanol–water partition coefficient (Wildman–Crippen LogP) is 3.54. The van der Waals surface area contributed by atoms with Gasteiger partial charge in [-0.15, -0.1) is 22.7 Å². The fraction of sp³-hybridized carbons (Fsp3) is 0.545. The number of piperidine rings is 1. The van der Waals surface area contributed by atoms with E-state index in [1.807, 2.05) is 0 Å². The largest absolute Gasteiger partial charge is 0.465 e. The summed E-state index contributed by atoms with van der Waals surface area (Å²) < 4.78 is 32.9. The van der Waals surface area contributed by atoms with Crippen molar-refractivity contribution in [2.24, 2.45) is 0 Å². The molecular formula is C22H29N3O5S3. The summed E-state index contributed by atoms with van der Waals surface area (Å²) in [5, 5.41) is 5.06. The molecule has 4 rings (SSSR count). The zero-order valence-electron chi connectivity index (χ0n) is 19.0. The first-order chi connectivity index (χ1) is 15.7. The molecule has 1 fully saturated rings. The Morgan fingerprint density at radius 3 is 2.70 bits per heavy atom. The van der Waals surface area contributed by atoms with E-state index < -0.39 is 27.9 Å². The van der Waals surface area contributed by atoms with Gasteiger partial charge in [-0.1, -0.05) is 12.5 Å². The Morgan fingerprint density at radius 2 is 2.03 bits per heavy atom. The number of esters is 1. The molecule has 0 radical (unpaired) electrons. The van der Waals surface area contributed by atoms with Crippen LogP contribution < -0.4 is 5.32 Å². The minimum absolute atomic E-state index is 0.234. The lowest BCUT2D eigenvalue weighted by Crippen LogP contribution is -2.49. The molecule has 8 nitrogen and oxygen atoms in total. The highest BCUT2D eigenvalue weighted by molar-refractivity contribution is 7.91. The summed E-state index contributed by atoms with van der Waals surface area (Å²) in [7, 11) is -2.43. The van der Waals surface area contributed by atoms with Crippen LogP contribution >= 0.6 is 22.7 Å². The second-order valence-electron chi connectivity index (χ2n) is 8.56. The van der Waals surface area contributed by atoms with Crippen LogP contribution in [0.4, 0.5) is 5.00 Å². The number of rotatable bonds is 6. The highest BCUT2D eigenvalue weighted by Crippen LogP contribution is 2.38. The van der Waals surface area contributed by atoms with Gasteiger partial charge in [-0.25, -0.2) is 13.2 Å². The molecular weight excluding hydrogens is 482 g/mol. The van der Waals surface area contributed by atoms with Crippen LogP contribution in [0.25, 0.3) is 0 Å². The van der Waals surface area contributed by atoms with Gasteiger partial charge in [0.1, 0.15) is 15.3 Å². The van der Waals surface area contributed by atoms with Gasteiger partial charge in [-0.2, -0.15) is 4.31 Å². The van der Waals surface area contributed by atoms with E-state index in [9.17, 15) is 18.0 Å². The van der Waals surface area contributed by atoms with Gasteiger partial charge in [0.25, 0.3) is 10.0 Å². The Balaban J connectivity index is 1.63. The molecule has 11 heteroatoms. The second kappa shape index (κ2) is 9.83. The van der Waals surface area contributed by atoms with Crippen LogP contribution in [0.15, 0.2) is 21.7 Å². The van der Waals surface area contributed by atoms with Gasteiger partial charge in [0.15, 0.2) is 0 Å². The van der Waals surface area contributed by atoms with Crippen molar-refractivity contribution in [3.63, 3.8) is 0 Å². The van der Waals surface area contributed by atoms with Gasteiger partial charge in [-0.05, 0) is 50.1 Å². The number of nitrogens with zero attached hydrogens (tertiary/aromatic N) is 2. The lowest BCUT2D eigenvalue weighted by molar-refractivity contribution is -0.120. The molecule has 2 aromatic rings. The number of hydrogen-bond acceptors (Lipinski definition) is 8. The molecule has 33 heavy (non-hydrogen) atoms. The molecule has 2 aromatic heterocycles.